The molecule has 0 aliphatic carbocycles. The minimum Gasteiger partial charge on any atom is -0.453 e. The molecular formula is C8H12OS. The van der Waals surface area contributed by atoms with Crippen LogP contribution in [0.2, 0.25) is 0 Å². The molecule has 2 heteroatoms. The van der Waals surface area contributed by atoms with E-state index in [4.69, 9.17) is 17.0 Å². The van der Waals surface area contributed by atoms with Gasteiger partial charge in [0.25, 0.3) is 0 Å². The second-order valence-electron chi connectivity index (χ2n) is 3.34. The third-order valence-corrected chi connectivity index (χ3v) is 2.32. The summed E-state index contributed by atoms with van der Waals surface area (Å²) in [5.74, 6) is 1.04. The molecule has 0 unspecified atom stereocenters. The van der Waals surface area contributed by atoms with E-state index in [9.17, 15) is 0 Å². The van der Waals surface area contributed by atoms with Crippen molar-refractivity contribution >= 4 is 17.3 Å². The Morgan fingerprint density at radius 1 is 1.40 bits per heavy atom. The smallest absolute Gasteiger partial charge is 0.180 e. The van der Waals surface area contributed by atoms with Gasteiger partial charge >= 0.3 is 0 Å². The minimum atomic E-state index is 0.00810. The number of rotatable bonds is 0. The van der Waals surface area contributed by atoms with Crippen molar-refractivity contribution in [3.63, 3.8) is 0 Å². The minimum absolute atomic E-state index is 0.00810. The Labute approximate surface area is 67.1 Å². The largest absolute Gasteiger partial charge is 0.453 e. The summed E-state index contributed by atoms with van der Waals surface area (Å²) >= 11 is 4.96. The Kier molecular flexibility index (Phi) is 1.59. The van der Waals surface area contributed by atoms with E-state index in [1.54, 1.807) is 0 Å². The van der Waals surface area contributed by atoms with Crippen molar-refractivity contribution in [3.05, 3.63) is 11.3 Å². The van der Waals surface area contributed by atoms with Crippen molar-refractivity contribution in [1.29, 1.82) is 0 Å². The Morgan fingerprint density at radius 2 is 1.90 bits per heavy atom. The van der Waals surface area contributed by atoms with Crippen molar-refractivity contribution in [2.24, 2.45) is 5.41 Å². The second kappa shape index (κ2) is 2.06. The SMILES string of the molecule is CC(C)=C1OC(=S)C1(C)C. The number of hydrogen-bond donors (Lipinski definition) is 0. The summed E-state index contributed by atoms with van der Waals surface area (Å²) in [5, 5.41) is 0.712. The highest BCUT2D eigenvalue weighted by Gasteiger charge is 2.42. The second-order valence-corrected chi connectivity index (χ2v) is 3.71. The Hall–Kier alpha value is -0.370. The number of thiocarbonyl (C=S) groups is 1. The zero-order valence-corrected chi connectivity index (χ0v) is 7.63. The predicted octanol–water partition coefficient (Wildman–Crippen LogP) is 2.66. The third kappa shape index (κ3) is 0.870. The summed E-state index contributed by atoms with van der Waals surface area (Å²) in [6, 6.07) is 0. The Bertz CT molecular complexity index is 209. The van der Waals surface area contributed by atoms with E-state index >= 15 is 0 Å². The molecule has 0 aromatic heterocycles. The van der Waals surface area contributed by atoms with Crippen LogP contribution in [-0.2, 0) is 4.74 Å². The molecule has 1 fully saturated rings. The van der Waals surface area contributed by atoms with E-state index in [1.165, 1.54) is 5.57 Å². The lowest BCUT2D eigenvalue weighted by atomic mass is 9.85. The summed E-state index contributed by atoms with van der Waals surface area (Å²) in [5.41, 5.74) is 1.23. The van der Waals surface area contributed by atoms with Crippen LogP contribution < -0.4 is 0 Å². The van der Waals surface area contributed by atoms with Gasteiger partial charge in [-0.25, -0.2) is 0 Å². The molecule has 1 nitrogen and oxygen atoms in total. The van der Waals surface area contributed by atoms with Gasteiger partial charge in [0, 0.05) is 0 Å². The van der Waals surface area contributed by atoms with Gasteiger partial charge in [-0.3, -0.25) is 0 Å². The average molecular weight is 156 g/mol. The third-order valence-electron chi connectivity index (χ3n) is 1.73. The number of ether oxygens (including phenoxy) is 1. The molecule has 0 aromatic carbocycles. The van der Waals surface area contributed by atoms with Crippen LogP contribution in [0.5, 0.6) is 0 Å². The summed E-state index contributed by atoms with van der Waals surface area (Å²) < 4.78 is 5.23. The maximum atomic E-state index is 5.23. The molecule has 1 heterocycles. The van der Waals surface area contributed by atoms with Crippen LogP contribution in [0.25, 0.3) is 0 Å². The highest BCUT2D eigenvalue weighted by molar-refractivity contribution is 7.80. The lowest BCUT2D eigenvalue weighted by Crippen LogP contribution is -2.40. The van der Waals surface area contributed by atoms with Crippen LogP contribution in [0.1, 0.15) is 27.7 Å². The van der Waals surface area contributed by atoms with E-state index in [1.807, 2.05) is 13.8 Å². The molecule has 1 rings (SSSR count). The molecule has 56 valence electrons. The van der Waals surface area contributed by atoms with Gasteiger partial charge in [0.15, 0.2) is 5.05 Å². The highest BCUT2D eigenvalue weighted by Crippen LogP contribution is 2.41. The van der Waals surface area contributed by atoms with E-state index < -0.39 is 0 Å². The molecule has 0 aromatic rings. The van der Waals surface area contributed by atoms with E-state index in [-0.39, 0.29) is 5.41 Å². The first-order chi connectivity index (χ1) is 4.46. The van der Waals surface area contributed by atoms with Crippen LogP contribution >= 0.6 is 12.2 Å². The van der Waals surface area contributed by atoms with Gasteiger partial charge in [-0.15, -0.1) is 0 Å². The molecule has 0 spiro atoms. The number of allylic oxidation sites excluding steroid dienone is 1. The first-order valence-electron chi connectivity index (χ1n) is 3.36. The monoisotopic (exact) mass is 156 g/mol. The quantitative estimate of drug-likeness (QED) is 0.499. The van der Waals surface area contributed by atoms with Crippen LogP contribution in [0.3, 0.4) is 0 Å². The van der Waals surface area contributed by atoms with Crippen molar-refractivity contribution in [3.8, 4) is 0 Å². The van der Waals surface area contributed by atoms with Gasteiger partial charge in [-0.1, -0.05) is 0 Å². The van der Waals surface area contributed by atoms with Crippen LogP contribution in [0.4, 0.5) is 0 Å². The molecule has 0 N–H and O–H groups in total. The Morgan fingerprint density at radius 3 is 2.00 bits per heavy atom. The number of hydrogen-bond acceptors (Lipinski definition) is 2. The van der Waals surface area contributed by atoms with Crippen molar-refractivity contribution < 1.29 is 4.74 Å². The summed E-state index contributed by atoms with van der Waals surface area (Å²) in [6.45, 7) is 8.25. The van der Waals surface area contributed by atoms with Crippen LogP contribution in [0, 0.1) is 5.41 Å². The zero-order chi connectivity index (χ0) is 7.94. The van der Waals surface area contributed by atoms with Gasteiger partial charge in [-0.2, -0.15) is 0 Å². The maximum Gasteiger partial charge on any atom is 0.180 e. The predicted molar refractivity (Wildman–Crippen MR) is 45.8 cm³/mol. The fourth-order valence-corrected chi connectivity index (χ4v) is 1.30. The normalized spacial score (nSPS) is 21.6. The van der Waals surface area contributed by atoms with Crippen molar-refractivity contribution in [2.45, 2.75) is 27.7 Å². The highest BCUT2D eigenvalue weighted by atomic mass is 32.1. The zero-order valence-electron chi connectivity index (χ0n) is 6.82. The van der Waals surface area contributed by atoms with E-state index in [0.717, 1.165) is 5.76 Å². The fraction of sp³-hybridized carbons (Fsp3) is 0.625. The van der Waals surface area contributed by atoms with Gasteiger partial charge in [0.05, 0.1) is 5.41 Å². The van der Waals surface area contributed by atoms with Gasteiger partial charge in [0.2, 0.25) is 0 Å². The first kappa shape index (κ1) is 7.73. The fourth-order valence-electron chi connectivity index (χ4n) is 1.12. The van der Waals surface area contributed by atoms with Crippen molar-refractivity contribution in [2.75, 3.05) is 0 Å². The molecular weight excluding hydrogens is 144 g/mol. The molecule has 0 radical (unpaired) electrons. The molecule has 1 aliphatic heterocycles. The molecule has 0 bridgehead atoms. The lowest BCUT2D eigenvalue weighted by molar-refractivity contribution is 0.207. The molecule has 1 aliphatic rings. The average Bonchev–Trinajstić information content (AvgIpc) is 1.82. The van der Waals surface area contributed by atoms with Crippen LogP contribution in [-0.4, -0.2) is 5.05 Å². The van der Waals surface area contributed by atoms with E-state index in [0.29, 0.717) is 5.05 Å². The van der Waals surface area contributed by atoms with Crippen molar-refractivity contribution in [1.82, 2.24) is 0 Å². The van der Waals surface area contributed by atoms with E-state index in [2.05, 4.69) is 13.8 Å². The molecule has 0 amide bonds. The summed E-state index contributed by atoms with van der Waals surface area (Å²) in [6.07, 6.45) is 0. The van der Waals surface area contributed by atoms with Gasteiger partial charge in [-0.05, 0) is 45.5 Å². The maximum absolute atomic E-state index is 5.23. The summed E-state index contributed by atoms with van der Waals surface area (Å²) in [4.78, 5) is 0. The Balaban J connectivity index is 2.93. The van der Waals surface area contributed by atoms with Gasteiger partial charge < -0.3 is 4.74 Å². The molecule has 0 saturated carbocycles. The van der Waals surface area contributed by atoms with Gasteiger partial charge in [0.1, 0.15) is 5.76 Å². The lowest BCUT2D eigenvalue weighted by Gasteiger charge is -2.39. The molecule has 10 heavy (non-hydrogen) atoms. The standard InChI is InChI=1S/C8H12OS/c1-5(2)6-8(3,4)7(10)9-6/h1-4H3. The summed E-state index contributed by atoms with van der Waals surface area (Å²) in [7, 11) is 0. The van der Waals surface area contributed by atoms with Crippen LogP contribution in [0.15, 0.2) is 11.3 Å². The first-order valence-corrected chi connectivity index (χ1v) is 3.77. The topological polar surface area (TPSA) is 9.23 Å². The molecule has 0 atom stereocenters. The molecule has 1 saturated heterocycles.